The fourth-order valence-corrected chi connectivity index (χ4v) is 2.63. The lowest BCUT2D eigenvalue weighted by molar-refractivity contribution is 0.134. The van der Waals surface area contributed by atoms with Gasteiger partial charge in [0.1, 0.15) is 0 Å². The lowest BCUT2D eigenvalue weighted by Crippen LogP contribution is -2.38. The molecule has 0 aromatic rings. The molecular formula is C10H19N. The minimum absolute atomic E-state index is 0.799. The summed E-state index contributed by atoms with van der Waals surface area (Å²) in [5.41, 5.74) is 0.799. The molecule has 1 heteroatoms. The summed E-state index contributed by atoms with van der Waals surface area (Å²) in [6.45, 7) is 5.06. The lowest BCUT2D eigenvalue weighted by Gasteiger charge is -2.35. The zero-order valence-corrected chi connectivity index (χ0v) is 7.77. The first kappa shape index (κ1) is 7.60. The number of likely N-dealkylation sites (tertiary alicyclic amines) is 1. The molecule has 1 atom stereocenters. The van der Waals surface area contributed by atoms with Gasteiger partial charge >= 0.3 is 0 Å². The topological polar surface area (TPSA) is 3.24 Å². The summed E-state index contributed by atoms with van der Waals surface area (Å²) in [6.07, 6.45) is 5.92. The van der Waals surface area contributed by atoms with Gasteiger partial charge in [-0.15, -0.1) is 0 Å². The van der Waals surface area contributed by atoms with Crippen LogP contribution in [0, 0.1) is 11.3 Å². The second-order valence-corrected chi connectivity index (χ2v) is 4.68. The number of rotatable bonds is 1. The van der Waals surface area contributed by atoms with Crippen LogP contribution in [0.3, 0.4) is 0 Å². The van der Waals surface area contributed by atoms with Gasteiger partial charge in [-0.1, -0.05) is 13.3 Å². The summed E-state index contributed by atoms with van der Waals surface area (Å²) < 4.78 is 0. The zero-order valence-electron chi connectivity index (χ0n) is 7.77. The quantitative estimate of drug-likeness (QED) is 0.558. The van der Waals surface area contributed by atoms with Gasteiger partial charge in [-0.3, -0.25) is 0 Å². The van der Waals surface area contributed by atoms with E-state index in [1.165, 1.54) is 38.8 Å². The standard InChI is InChI=1S/C10H19N/c1-3-9-6-10(4-5-10)8-11(2)7-9/h9H,3-8H2,1-2H3/t9-/m1/s1. The van der Waals surface area contributed by atoms with Gasteiger partial charge in [-0.25, -0.2) is 0 Å². The number of piperidine rings is 1. The minimum Gasteiger partial charge on any atom is -0.306 e. The molecule has 0 aromatic carbocycles. The van der Waals surface area contributed by atoms with Gasteiger partial charge in [0, 0.05) is 13.1 Å². The number of hydrogen-bond acceptors (Lipinski definition) is 1. The predicted octanol–water partition coefficient (Wildman–Crippen LogP) is 2.13. The van der Waals surface area contributed by atoms with Crippen molar-refractivity contribution < 1.29 is 0 Å². The predicted molar refractivity (Wildman–Crippen MR) is 47.6 cm³/mol. The second kappa shape index (κ2) is 2.48. The van der Waals surface area contributed by atoms with Gasteiger partial charge in [-0.05, 0) is 37.6 Å². The third-order valence-corrected chi connectivity index (χ3v) is 3.43. The maximum Gasteiger partial charge on any atom is 0.00352 e. The Morgan fingerprint density at radius 2 is 2.18 bits per heavy atom. The Morgan fingerprint density at radius 1 is 1.45 bits per heavy atom. The maximum atomic E-state index is 2.53. The fourth-order valence-electron chi connectivity index (χ4n) is 2.63. The van der Waals surface area contributed by atoms with Crippen molar-refractivity contribution in [3.8, 4) is 0 Å². The van der Waals surface area contributed by atoms with Crippen LogP contribution in [0.2, 0.25) is 0 Å². The van der Waals surface area contributed by atoms with E-state index in [-0.39, 0.29) is 0 Å². The van der Waals surface area contributed by atoms with E-state index in [1.54, 1.807) is 0 Å². The highest BCUT2D eigenvalue weighted by atomic mass is 15.1. The Balaban J connectivity index is 1.97. The Morgan fingerprint density at radius 3 is 2.73 bits per heavy atom. The van der Waals surface area contributed by atoms with E-state index in [0.717, 1.165) is 11.3 Å². The molecule has 2 aliphatic rings. The van der Waals surface area contributed by atoms with Gasteiger partial charge in [0.2, 0.25) is 0 Å². The van der Waals surface area contributed by atoms with Crippen LogP contribution < -0.4 is 0 Å². The fraction of sp³-hybridized carbons (Fsp3) is 1.00. The van der Waals surface area contributed by atoms with Crippen molar-refractivity contribution in [3.63, 3.8) is 0 Å². The van der Waals surface area contributed by atoms with Crippen molar-refractivity contribution >= 4 is 0 Å². The molecule has 2 fully saturated rings. The van der Waals surface area contributed by atoms with Crippen LogP contribution in [-0.2, 0) is 0 Å². The maximum absolute atomic E-state index is 2.53. The largest absolute Gasteiger partial charge is 0.306 e. The highest BCUT2D eigenvalue weighted by Crippen LogP contribution is 2.53. The van der Waals surface area contributed by atoms with E-state index in [4.69, 9.17) is 0 Å². The lowest BCUT2D eigenvalue weighted by atomic mass is 9.85. The van der Waals surface area contributed by atoms with Gasteiger partial charge < -0.3 is 4.90 Å². The van der Waals surface area contributed by atoms with Crippen molar-refractivity contribution in [2.24, 2.45) is 11.3 Å². The first-order valence-corrected chi connectivity index (χ1v) is 4.93. The molecule has 64 valence electrons. The van der Waals surface area contributed by atoms with Gasteiger partial charge in [0.15, 0.2) is 0 Å². The van der Waals surface area contributed by atoms with Gasteiger partial charge in [0.25, 0.3) is 0 Å². The molecule has 1 saturated carbocycles. The molecule has 2 rings (SSSR count). The minimum atomic E-state index is 0.799. The van der Waals surface area contributed by atoms with Crippen molar-refractivity contribution in [1.29, 1.82) is 0 Å². The summed E-state index contributed by atoms with van der Waals surface area (Å²) in [5, 5.41) is 0. The number of hydrogen-bond donors (Lipinski definition) is 0. The summed E-state index contributed by atoms with van der Waals surface area (Å²) in [4.78, 5) is 2.53. The van der Waals surface area contributed by atoms with Crippen molar-refractivity contribution in [3.05, 3.63) is 0 Å². The summed E-state index contributed by atoms with van der Waals surface area (Å²) >= 11 is 0. The molecule has 0 amide bonds. The van der Waals surface area contributed by atoms with E-state index in [9.17, 15) is 0 Å². The molecule has 0 aromatic heterocycles. The van der Waals surface area contributed by atoms with E-state index in [1.807, 2.05) is 0 Å². The normalized spacial score (nSPS) is 36.0. The van der Waals surface area contributed by atoms with Crippen LogP contribution >= 0.6 is 0 Å². The van der Waals surface area contributed by atoms with Crippen LogP contribution in [0.4, 0.5) is 0 Å². The molecule has 0 radical (unpaired) electrons. The van der Waals surface area contributed by atoms with Crippen LogP contribution in [0.1, 0.15) is 32.6 Å². The molecule has 0 unspecified atom stereocenters. The SMILES string of the molecule is CC[C@H]1CN(C)CC2(CC2)C1. The first-order chi connectivity index (χ1) is 5.24. The van der Waals surface area contributed by atoms with Crippen LogP contribution in [-0.4, -0.2) is 25.0 Å². The zero-order chi connectivity index (χ0) is 7.90. The first-order valence-electron chi connectivity index (χ1n) is 4.93. The van der Waals surface area contributed by atoms with Crippen LogP contribution in [0.15, 0.2) is 0 Å². The molecule has 0 bridgehead atoms. The monoisotopic (exact) mass is 153 g/mol. The third kappa shape index (κ3) is 1.44. The Hall–Kier alpha value is -0.0400. The van der Waals surface area contributed by atoms with Gasteiger partial charge in [0.05, 0.1) is 0 Å². The smallest absolute Gasteiger partial charge is 0.00352 e. The van der Waals surface area contributed by atoms with Crippen LogP contribution in [0.25, 0.3) is 0 Å². The molecule has 1 spiro atoms. The third-order valence-electron chi connectivity index (χ3n) is 3.43. The van der Waals surface area contributed by atoms with E-state index in [2.05, 4.69) is 18.9 Å². The van der Waals surface area contributed by atoms with Gasteiger partial charge in [-0.2, -0.15) is 0 Å². The van der Waals surface area contributed by atoms with E-state index >= 15 is 0 Å². The molecule has 11 heavy (non-hydrogen) atoms. The van der Waals surface area contributed by atoms with E-state index < -0.39 is 0 Å². The Kier molecular flexibility index (Phi) is 1.71. The average molecular weight is 153 g/mol. The Labute approximate surface area is 69.8 Å². The molecule has 0 N–H and O–H groups in total. The van der Waals surface area contributed by atoms with E-state index in [0.29, 0.717) is 0 Å². The van der Waals surface area contributed by atoms with Crippen LogP contribution in [0.5, 0.6) is 0 Å². The highest BCUT2D eigenvalue weighted by molar-refractivity contribution is 4.99. The summed E-state index contributed by atoms with van der Waals surface area (Å²) in [6, 6.07) is 0. The van der Waals surface area contributed by atoms with Crippen molar-refractivity contribution in [2.75, 3.05) is 20.1 Å². The highest BCUT2D eigenvalue weighted by Gasteiger charge is 2.46. The molecule has 1 nitrogen and oxygen atoms in total. The molecule has 1 saturated heterocycles. The second-order valence-electron chi connectivity index (χ2n) is 4.68. The molecule has 1 aliphatic carbocycles. The molecular weight excluding hydrogens is 134 g/mol. The molecule has 1 aliphatic heterocycles. The van der Waals surface area contributed by atoms with Crippen molar-refractivity contribution in [1.82, 2.24) is 4.90 Å². The summed E-state index contributed by atoms with van der Waals surface area (Å²) in [5.74, 6) is 0.997. The summed E-state index contributed by atoms with van der Waals surface area (Å²) in [7, 11) is 2.28. The number of nitrogens with zero attached hydrogens (tertiary/aromatic N) is 1. The molecule has 1 heterocycles. The Bertz CT molecular complexity index is 149. The van der Waals surface area contributed by atoms with Crippen molar-refractivity contribution in [2.45, 2.75) is 32.6 Å². The average Bonchev–Trinajstić information content (AvgIpc) is 2.67.